The summed E-state index contributed by atoms with van der Waals surface area (Å²) in [7, 11) is 1.47. The summed E-state index contributed by atoms with van der Waals surface area (Å²) in [5, 5.41) is 2.73. The van der Waals surface area contributed by atoms with Crippen molar-refractivity contribution in [1.29, 1.82) is 0 Å². The molecule has 1 aromatic heterocycles. The Kier molecular flexibility index (Phi) is 8.37. The van der Waals surface area contributed by atoms with Gasteiger partial charge in [0.1, 0.15) is 18.0 Å². The zero-order valence-electron chi connectivity index (χ0n) is 19.8. The van der Waals surface area contributed by atoms with Crippen molar-refractivity contribution >= 4 is 21.6 Å². The molecule has 3 rings (SSSR count). The molecule has 10 nitrogen and oxygen atoms in total. The molecule has 0 saturated carbocycles. The van der Waals surface area contributed by atoms with Gasteiger partial charge in [0.2, 0.25) is 5.91 Å². The lowest BCUT2D eigenvalue weighted by molar-refractivity contribution is -0.119. The van der Waals surface area contributed by atoms with Gasteiger partial charge in [0.05, 0.1) is 39.0 Å². The minimum Gasteiger partial charge on any atom is -0.497 e. The van der Waals surface area contributed by atoms with E-state index in [0.29, 0.717) is 11.5 Å². The fraction of sp³-hybridized carbons (Fsp3) is 0.250. The second-order valence-corrected chi connectivity index (χ2v) is 9.07. The molecule has 0 bridgehead atoms. The average molecular weight is 502 g/mol. The number of sulfonamides is 1. The van der Waals surface area contributed by atoms with Crippen LogP contribution in [0.2, 0.25) is 0 Å². The quantitative estimate of drug-likeness (QED) is 0.426. The number of nitrogens with one attached hydrogen (secondary N) is 1. The van der Waals surface area contributed by atoms with Crippen LogP contribution in [0.5, 0.6) is 23.0 Å². The van der Waals surface area contributed by atoms with E-state index in [0.717, 1.165) is 9.87 Å². The van der Waals surface area contributed by atoms with Crippen LogP contribution in [0.1, 0.15) is 5.56 Å². The molecule has 2 aromatic carbocycles. The molecule has 0 atom stereocenters. The number of carbonyl (C=O) groups excluding carboxylic acids is 1. The number of hydrogen-bond donors (Lipinski definition) is 1. The second-order valence-electron chi connectivity index (χ2n) is 7.20. The number of rotatable bonds is 11. The summed E-state index contributed by atoms with van der Waals surface area (Å²) < 4.78 is 49.8. The Hall–Kier alpha value is -3.99. The molecular weight excluding hydrogens is 474 g/mol. The summed E-state index contributed by atoms with van der Waals surface area (Å²) in [5.74, 6) is 0.708. The van der Waals surface area contributed by atoms with Crippen molar-refractivity contribution in [3.63, 3.8) is 0 Å². The molecule has 11 heteroatoms. The van der Waals surface area contributed by atoms with Crippen LogP contribution in [0.4, 0.5) is 5.69 Å². The third kappa shape index (κ3) is 5.93. The number of methoxy groups -OCH3 is 4. The third-order valence-corrected chi connectivity index (χ3v) is 6.85. The molecule has 0 unspecified atom stereocenters. The highest BCUT2D eigenvalue weighted by Crippen LogP contribution is 2.37. The Morgan fingerprint density at radius 1 is 0.914 bits per heavy atom. The average Bonchev–Trinajstić information content (AvgIpc) is 2.90. The fourth-order valence-electron chi connectivity index (χ4n) is 3.29. The number of anilines is 1. The van der Waals surface area contributed by atoms with Crippen LogP contribution in [0.15, 0.2) is 65.8 Å². The Morgan fingerprint density at radius 2 is 1.63 bits per heavy atom. The van der Waals surface area contributed by atoms with Crippen molar-refractivity contribution in [2.75, 3.05) is 39.3 Å². The van der Waals surface area contributed by atoms with Gasteiger partial charge in [0, 0.05) is 31.1 Å². The number of amides is 1. The molecule has 0 aliphatic rings. The van der Waals surface area contributed by atoms with Gasteiger partial charge in [-0.15, -0.1) is 0 Å². The highest BCUT2D eigenvalue weighted by Gasteiger charge is 2.31. The molecule has 1 heterocycles. The minimum atomic E-state index is -4.26. The minimum absolute atomic E-state index is 0.0971. The molecule has 0 fully saturated rings. The van der Waals surface area contributed by atoms with Crippen molar-refractivity contribution in [2.45, 2.75) is 11.4 Å². The lowest BCUT2D eigenvalue weighted by Crippen LogP contribution is -2.41. The topological polar surface area (TPSA) is 116 Å². The van der Waals surface area contributed by atoms with Crippen molar-refractivity contribution in [1.82, 2.24) is 10.3 Å². The SMILES string of the molecule is COc1ccc(OC)c(N(CC(=O)NCc2cccnc2)S(=O)(=O)c2ccc(OC)c(OC)c2)c1. The summed E-state index contributed by atoms with van der Waals surface area (Å²) in [6.07, 6.45) is 3.24. The Morgan fingerprint density at radius 3 is 2.26 bits per heavy atom. The van der Waals surface area contributed by atoms with Crippen LogP contribution in [0.25, 0.3) is 0 Å². The number of pyridine rings is 1. The maximum absolute atomic E-state index is 13.8. The van der Waals surface area contributed by atoms with Crippen LogP contribution < -0.4 is 28.6 Å². The van der Waals surface area contributed by atoms with Crippen LogP contribution in [0.3, 0.4) is 0 Å². The van der Waals surface area contributed by atoms with Crippen LogP contribution in [-0.2, 0) is 21.4 Å². The Bertz CT molecular complexity index is 1270. The molecule has 0 aliphatic carbocycles. The molecule has 1 amide bonds. The first-order valence-corrected chi connectivity index (χ1v) is 11.9. The summed E-state index contributed by atoms with van der Waals surface area (Å²) >= 11 is 0. The van der Waals surface area contributed by atoms with E-state index < -0.39 is 22.5 Å². The number of nitrogens with zero attached hydrogens (tertiary/aromatic N) is 2. The van der Waals surface area contributed by atoms with Crippen molar-refractivity contribution < 1.29 is 32.2 Å². The molecule has 186 valence electrons. The van der Waals surface area contributed by atoms with E-state index in [1.807, 2.05) is 0 Å². The second kappa shape index (κ2) is 11.4. The summed E-state index contributed by atoms with van der Waals surface area (Å²) in [6, 6.07) is 12.4. The maximum Gasteiger partial charge on any atom is 0.265 e. The largest absolute Gasteiger partial charge is 0.497 e. The highest BCUT2D eigenvalue weighted by molar-refractivity contribution is 7.92. The fourth-order valence-corrected chi connectivity index (χ4v) is 4.72. The Labute approximate surface area is 204 Å². The third-order valence-electron chi connectivity index (χ3n) is 5.10. The monoisotopic (exact) mass is 501 g/mol. The molecule has 3 aromatic rings. The van der Waals surface area contributed by atoms with Gasteiger partial charge in [-0.3, -0.25) is 14.1 Å². The first-order chi connectivity index (χ1) is 16.8. The van der Waals surface area contributed by atoms with E-state index in [4.69, 9.17) is 18.9 Å². The molecular formula is C24H27N3O7S. The molecule has 0 radical (unpaired) electrons. The zero-order valence-corrected chi connectivity index (χ0v) is 20.7. The maximum atomic E-state index is 13.8. The first-order valence-electron chi connectivity index (χ1n) is 10.5. The van der Waals surface area contributed by atoms with E-state index in [1.165, 1.54) is 52.7 Å². The lowest BCUT2D eigenvalue weighted by atomic mass is 10.2. The molecule has 0 saturated heterocycles. The first kappa shape index (κ1) is 25.6. The number of carbonyl (C=O) groups is 1. The van der Waals surface area contributed by atoms with Crippen molar-refractivity contribution in [3.8, 4) is 23.0 Å². The number of aromatic nitrogens is 1. The lowest BCUT2D eigenvalue weighted by Gasteiger charge is -2.26. The predicted molar refractivity (Wildman–Crippen MR) is 130 cm³/mol. The van der Waals surface area contributed by atoms with Gasteiger partial charge in [-0.2, -0.15) is 0 Å². The van der Waals surface area contributed by atoms with E-state index in [1.54, 1.807) is 36.7 Å². The molecule has 0 spiro atoms. The zero-order chi connectivity index (χ0) is 25.4. The van der Waals surface area contributed by atoms with Gasteiger partial charge in [-0.1, -0.05) is 6.07 Å². The smallest absolute Gasteiger partial charge is 0.265 e. The van der Waals surface area contributed by atoms with E-state index in [2.05, 4.69) is 10.3 Å². The number of hydrogen-bond acceptors (Lipinski definition) is 8. The van der Waals surface area contributed by atoms with Gasteiger partial charge in [0.15, 0.2) is 11.5 Å². The summed E-state index contributed by atoms with van der Waals surface area (Å²) in [4.78, 5) is 16.8. The Balaban J connectivity index is 2.03. The highest BCUT2D eigenvalue weighted by atomic mass is 32.2. The van der Waals surface area contributed by atoms with Gasteiger partial charge in [-0.25, -0.2) is 8.42 Å². The van der Waals surface area contributed by atoms with Gasteiger partial charge >= 0.3 is 0 Å². The van der Waals surface area contributed by atoms with E-state index >= 15 is 0 Å². The van der Waals surface area contributed by atoms with Crippen LogP contribution in [0, 0.1) is 0 Å². The summed E-state index contributed by atoms with van der Waals surface area (Å²) in [5.41, 5.74) is 0.910. The van der Waals surface area contributed by atoms with Crippen LogP contribution in [-0.4, -0.2) is 54.3 Å². The molecule has 1 N–H and O–H groups in total. The van der Waals surface area contributed by atoms with Crippen molar-refractivity contribution in [2.24, 2.45) is 0 Å². The number of benzene rings is 2. The normalized spacial score (nSPS) is 10.9. The van der Waals surface area contributed by atoms with Crippen LogP contribution >= 0.6 is 0 Å². The summed E-state index contributed by atoms with van der Waals surface area (Å²) in [6.45, 7) is -0.327. The predicted octanol–water partition coefficient (Wildman–Crippen LogP) is 2.63. The number of ether oxygens (including phenoxy) is 4. The standard InChI is InChI=1S/C24H27N3O7S/c1-31-18-7-9-21(32-2)20(12-18)27(16-24(28)26-15-17-6-5-11-25-14-17)35(29,30)19-8-10-22(33-3)23(13-19)34-4/h5-14H,15-16H2,1-4H3,(H,26,28). The van der Waals surface area contributed by atoms with Crippen molar-refractivity contribution in [3.05, 3.63) is 66.5 Å². The van der Waals surface area contributed by atoms with Gasteiger partial charge in [-0.05, 0) is 35.9 Å². The van der Waals surface area contributed by atoms with Gasteiger partial charge < -0.3 is 24.3 Å². The molecule has 0 aliphatic heterocycles. The van der Waals surface area contributed by atoms with E-state index in [9.17, 15) is 13.2 Å². The molecule has 35 heavy (non-hydrogen) atoms. The van der Waals surface area contributed by atoms with Gasteiger partial charge in [0.25, 0.3) is 10.0 Å². The van der Waals surface area contributed by atoms with E-state index in [-0.39, 0.29) is 28.6 Å².